The summed E-state index contributed by atoms with van der Waals surface area (Å²) in [7, 11) is 2.06. The zero-order valence-corrected chi connectivity index (χ0v) is 8.11. The van der Waals surface area contributed by atoms with E-state index in [2.05, 4.69) is 26.2 Å². The summed E-state index contributed by atoms with van der Waals surface area (Å²) in [5.74, 6) is 0.984. The highest BCUT2D eigenvalue weighted by Crippen LogP contribution is 2.57. The second-order valence-electron chi connectivity index (χ2n) is 3.92. The summed E-state index contributed by atoms with van der Waals surface area (Å²) in [4.78, 5) is 0. The molecule has 66 valence electrons. The van der Waals surface area contributed by atoms with E-state index >= 15 is 0 Å². The van der Waals surface area contributed by atoms with Gasteiger partial charge in [-0.3, -0.25) is 0 Å². The fourth-order valence-electron chi connectivity index (χ4n) is 2.38. The molecular formula is C10H21N. The van der Waals surface area contributed by atoms with Crippen molar-refractivity contribution >= 4 is 0 Å². The maximum atomic E-state index is 3.28. The number of rotatable bonds is 5. The highest BCUT2D eigenvalue weighted by atomic mass is 14.8. The molecule has 1 aliphatic carbocycles. The van der Waals surface area contributed by atoms with Gasteiger partial charge in [0.15, 0.2) is 0 Å². The predicted molar refractivity (Wildman–Crippen MR) is 49.7 cm³/mol. The van der Waals surface area contributed by atoms with Crippen molar-refractivity contribution in [1.82, 2.24) is 5.32 Å². The molecule has 0 amide bonds. The summed E-state index contributed by atoms with van der Waals surface area (Å²) < 4.78 is 0. The zero-order valence-electron chi connectivity index (χ0n) is 8.11. The Morgan fingerprint density at radius 3 is 2.64 bits per heavy atom. The molecule has 0 aromatic heterocycles. The van der Waals surface area contributed by atoms with Gasteiger partial charge in [-0.25, -0.2) is 0 Å². The Kier molecular flexibility index (Phi) is 2.94. The Labute approximate surface area is 70.6 Å². The van der Waals surface area contributed by atoms with Crippen LogP contribution in [-0.2, 0) is 0 Å². The van der Waals surface area contributed by atoms with Crippen LogP contribution in [0.5, 0.6) is 0 Å². The van der Waals surface area contributed by atoms with E-state index in [0.717, 1.165) is 11.3 Å². The van der Waals surface area contributed by atoms with E-state index in [1.165, 1.54) is 32.2 Å². The molecule has 1 fully saturated rings. The molecule has 0 aliphatic heterocycles. The molecule has 2 atom stereocenters. The lowest BCUT2D eigenvalue weighted by Crippen LogP contribution is -2.14. The van der Waals surface area contributed by atoms with Crippen molar-refractivity contribution in [1.29, 1.82) is 0 Å². The molecule has 1 N–H and O–H groups in total. The van der Waals surface area contributed by atoms with Crippen molar-refractivity contribution in [2.75, 3.05) is 13.6 Å². The Balaban J connectivity index is 2.30. The molecule has 0 saturated heterocycles. The van der Waals surface area contributed by atoms with Crippen LogP contribution in [0.3, 0.4) is 0 Å². The summed E-state index contributed by atoms with van der Waals surface area (Å²) in [6.07, 6.45) is 5.65. The van der Waals surface area contributed by atoms with Gasteiger partial charge in [0.1, 0.15) is 0 Å². The normalized spacial score (nSPS) is 35.7. The van der Waals surface area contributed by atoms with Gasteiger partial charge in [0.25, 0.3) is 0 Å². The van der Waals surface area contributed by atoms with Gasteiger partial charge in [-0.1, -0.05) is 26.7 Å². The van der Waals surface area contributed by atoms with Crippen LogP contribution in [0.2, 0.25) is 0 Å². The van der Waals surface area contributed by atoms with E-state index in [-0.39, 0.29) is 0 Å². The number of nitrogens with one attached hydrogen (secondary N) is 1. The second kappa shape index (κ2) is 3.57. The first-order chi connectivity index (χ1) is 5.29. The van der Waals surface area contributed by atoms with Gasteiger partial charge in [-0.05, 0) is 37.8 Å². The maximum Gasteiger partial charge on any atom is -0.00180 e. The molecule has 0 heterocycles. The highest BCUT2D eigenvalue weighted by molar-refractivity contribution is 5.01. The first-order valence-electron chi connectivity index (χ1n) is 4.93. The molecule has 1 aliphatic rings. The van der Waals surface area contributed by atoms with Crippen molar-refractivity contribution in [3.8, 4) is 0 Å². The average Bonchev–Trinajstić information content (AvgIpc) is 2.66. The summed E-state index contributed by atoms with van der Waals surface area (Å²) in [5, 5.41) is 3.28. The molecule has 1 rings (SSSR count). The van der Waals surface area contributed by atoms with Gasteiger partial charge < -0.3 is 5.32 Å². The van der Waals surface area contributed by atoms with Crippen molar-refractivity contribution in [3.63, 3.8) is 0 Å². The van der Waals surface area contributed by atoms with Gasteiger partial charge in [0.2, 0.25) is 0 Å². The first-order valence-corrected chi connectivity index (χ1v) is 4.93. The van der Waals surface area contributed by atoms with Crippen LogP contribution in [0.15, 0.2) is 0 Å². The van der Waals surface area contributed by atoms with Crippen molar-refractivity contribution < 1.29 is 0 Å². The molecule has 1 nitrogen and oxygen atoms in total. The van der Waals surface area contributed by atoms with E-state index in [0.29, 0.717) is 0 Å². The molecular weight excluding hydrogens is 134 g/mol. The van der Waals surface area contributed by atoms with Gasteiger partial charge in [-0.15, -0.1) is 0 Å². The van der Waals surface area contributed by atoms with Crippen molar-refractivity contribution in [2.24, 2.45) is 11.3 Å². The van der Waals surface area contributed by atoms with Crippen LogP contribution < -0.4 is 5.32 Å². The Bertz CT molecular complexity index is 122. The third-order valence-electron chi connectivity index (χ3n) is 3.26. The Morgan fingerprint density at radius 1 is 1.45 bits per heavy atom. The zero-order chi connectivity index (χ0) is 8.32. The van der Waals surface area contributed by atoms with Crippen molar-refractivity contribution in [2.45, 2.75) is 39.5 Å². The first kappa shape index (κ1) is 9.05. The van der Waals surface area contributed by atoms with Crippen LogP contribution in [0.4, 0.5) is 0 Å². The Morgan fingerprint density at radius 2 is 2.18 bits per heavy atom. The third kappa shape index (κ3) is 1.76. The fraction of sp³-hybridized carbons (Fsp3) is 1.00. The number of hydrogen-bond donors (Lipinski definition) is 1. The third-order valence-corrected chi connectivity index (χ3v) is 3.26. The molecule has 11 heavy (non-hydrogen) atoms. The topological polar surface area (TPSA) is 12.0 Å². The van der Waals surface area contributed by atoms with Gasteiger partial charge in [0, 0.05) is 0 Å². The lowest BCUT2D eigenvalue weighted by atomic mass is 9.94. The van der Waals surface area contributed by atoms with E-state index in [4.69, 9.17) is 0 Å². The average molecular weight is 155 g/mol. The van der Waals surface area contributed by atoms with E-state index in [9.17, 15) is 0 Å². The molecule has 2 unspecified atom stereocenters. The number of hydrogen-bond acceptors (Lipinski definition) is 1. The van der Waals surface area contributed by atoms with Gasteiger partial charge >= 0.3 is 0 Å². The van der Waals surface area contributed by atoms with Crippen LogP contribution in [0.1, 0.15) is 39.5 Å². The lowest BCUT2D eigenvalue weighted by molar-refractivity contribution is 0.393. The predicted octanol–water partition coefficient (Wildman–Crippen LogP) is 2.42. The van der Waals surface area contributed by atoms with E-state index < -0.39 is 0 Å². The van der Waals surface area contributed by atoms with Crippen LogP contribution in [0, 0.1) is 11.3 Å². The minimum Gasteiger partial charge on any atom is -0.319 e. The molecule has 0 radical (unpaired) electrons. The lowest BCUT2D eigenvalue weighted by Gasteiger charge is -2.13. The van der Waals surface area contributed by atoms with Crippen LogP contribution >= 0.6 is 0 Å². The SMILES string of the molecule is CCCC1(CC)CC1CNC. The summed E-state index contributed by atoms with van der Waals surface area (Å²) in [5.41, 5.74) is 0.748. The monoisotopic (exact) mass is 155 g/mol. The summed E-state index contributed by atoms with van der Waals surface area (Å²) >= 11 is 0. The fourth-order valence-corrected chi connectivity index (χ4v) is 2.38. The summed E-state index contributed by atoms with van der Waals surface area (Å²) in [6.45, 7) is 5.87. The van der Waals surface area contributed by atoms with Crippen molar-refractivity contribution in [3.05, 3.63) is 0 Å². The van der Waals surface area contributed by atoms with Gasteiger partial charge in [-0.2, -0.15) is 0 Å². The summed E-state index contributed by atoms with van der Waals surface area (Å²) in [6, 6.07) is 0. The van der Waals surface area contributed by atoms with E-state index in [1.54, 1.807) is 0 Å². The molecule has 0 aromatic rings. The molecule has 1 heteroatoms. The molecule has 1 saturated carbocycles. The van der Waals surface area contributed by atoms with Crippen LogP contribution in [-0.4, -0.2) is 13.6 Å². The van der Waals surface area contributed by atoms with E-state index in [1.807, 2.05) is 0 Å². The largest absolute Gasteiger partial charge is 0.319 e. The highest BCUT2D eigenvalue weighted by Gasteiger charge is 2.50. The van der Waals surface area contributed by atoms with Crippen LogP contribution in [0.25, 0.3) is 0 Å². The molecule has 0 aromatic carbocycles. The van der Waals surface area contributed by atoms with Gasteiger partial charge in [0.05, 0.1) is 0 Å². The smallest absolute Gasteiger partial charge is 0.00180 e. The quantitative estimate of drug-likeness (QED) is 0.643. The molecule has 0 bridgehead atoms. The molecule has 0 spiro atoms. The minimum absolute atomic E-state index is 0.748. The second-order valence-corrected chi connectivity index (χ2v) is 3.92. The Hall–Kier alpha value is -0.0400. The minimum atomic E-state index is 0.748. The maximum absolute atomic E-state index is 3.28. The standard InChI is InChI=1S/C10H21N/c1-4-6-10(5-2)7-9(10)8-11-3/h9,11H,4-8H2,1-3H3.